The van der Waals surface area contributed by atoms with Gasteiger partial charge < -0.3 is 14.8 Å². The van der Waals surface area contributed by atoms with Crippen molar-refractivity contribution in [1.29, 1.82) is 0 Å². The van der Waals surface area contributed by atoms with Gasteiger partial charge in [-0.3, -0.25) is 4.79 Å². The predicted octanol–water partition coefficient (Wildman–Crippen LogP) is 2.37. The van der Waals surface area contributed by atoms with Crippen LogP contribution in [0.4, 0.5) is 0 Å². The van der Waals surface area contributed by atoms with E-state index in [-0.39, 0.29) is 25.2 Å². The number of ether oxygens (including phenoxy) is 2. The quantitative estimate of drug-likeness (QED) is 0.820. The van der Waals surface area contributed by atoms with Crippen LogP contribution in [0.25, 0.3) is 0 Å². The molecule has 1 aliphatic rings. The van der Waals surface area contributed by atoms with Crippen molar-refractivity contribution in [3.8, 4) is 5.75 Å². The van der Waals surface area contributed by atoms with E-state index in [4.69, 9.17) is 9.47 Å². The highest BCUT2D eigenvalue weighted by Gasteiger charge is 2.16. The maximum absolute atomic E-state index is 11.7. The van der Waals surface area contributed by atoms with Gasteiger partial charge in [0.2, 0.25) is 0 Å². The molecule has 1 aromatic rings. The Morgan fingerprint density at radius 1 is 1.14 bits per heavy atom. The molecule has 1 fully saturated rings. The van der Waals surface area contributed by atoms with E-state index in [1.54, 1.807) is 6.07 Å². The van der Waals surface area contributed by atoms with Crippen molar-refractivity contribution in [2.75, 3.05) is 13.2 Å². The van der Waals surface area contributed by atoms with E-state index in [0.717, 1.165) is 31.2 Å². The first-order valence-corrected chi connectivity index (χ1v) is 7.78. The van der Waals surface area contributed by atoms with E-state index in [1.807, 2.05) is 25.1 Å². The van der Waals surface area contributed by atoms with Crippen LogP contribution >= 0.6 is 0 Å². The molecule has 1 aromatic carbocycles. The number of aryl methyl sites for hydroxylation is 1. The van der Waals surface area contributed by atoms with Crippen LogP contribution in [0, 0.1) is 6.92 Å². The Morgan fingerprint density at radius 2 is 1.86 bits per heavy atom. The van der Waals surface area contributed by atoms with E-state index in [1.165, 1.54) is 6.42 Å². The molecule has 1 saturated carbocycles. The third-order valence-electron chi connectivity index (χ3n) is 3.77. The Balaban J connectivity index is 1.64. The number of rotatable bonds is 6. The van der Waals surface area contributed by atoms with E-state index < -0.39 is 5.97 Å². The molecule has 0 radical (unpaired) electrons. The second-order valence-electron chi connectivity index (χ2n) is 5.62. The first-order valence-electron chi connectivity index (χ1n) is 7.78. The zero-order chi connectivity index (χ0) is 15.8. The maximum atomic E-state index is 11.7. The standard InChI is InChI=1S/C17H23NO4/c1-13-7-5-6-10-15(13)21-12-17(20)22-11-16(19)18-14-8-3-2-4-9-14/h5-7,10,14H,2-4,8-9,11-12H2,1H3,(H,18,19). The number of benzene rings is 1. The average molecular weight is 305 g/mol. The zero-order valence-corrected chi connectivity index (χ0v) is 13.0. The van der Waals surface area contributed by atoms with Crippen LogP contribution in [-0.4, -0.2) is 31.1 Å². The molecule has 0 spiro atoms. The van der Waals surface area contributed by atoms with Crippen molar-refractivity contribution in [3.63, 3.8) is 0 Å². The van der Waals surface area contributed by atoms with Crippen molar-refractivity contribution in [1.82, 2.24) is 5.32 Å². The summed E-state index contributed by atoms with van der Waals surface area (Å²) in [5.74, 6) is -0.135. The van der Waals surface area contributed by atoms with Gasteiger partial charge in [-0.1, -0.05) is 37.5 Å². The summed E-state index contributed by atoms with van der Waals surface area (Å²) in [6, 6.07) is 7.65. The number of esters is 1. The van der Waals surface area contributed by atoms with Gasteiger partial charge in [0, 0.05) is 6.04 Å². The topological polar surface area (TPSA) is 64.6 Å². The molecule has 0 atom stereocenters. The van der Waals surface area contributed by atoms with Crippen LogP contribution in [0.3, 0.4) is 0 Å². The summed E-state index contributed by atoms with van der Waals surface area (Å²) in [5, 5.41) is 2.90. The molecule has 1 amide bonds. The summed E-state index contributed by atoms with van der Waals surface area (Å²) < 4.78 is 10.3. The fourth-order valence-corrected chi connectivity index (χ4v) is 2.56. The number of carbonyl (C=O) groups is 2. The van der Waals surface area contributed by atoms with Gasteiger partial charge in [0.25, 0.3) is 5.91 Å². The fourth-order valence-electron chi connectivity index (χ4n) is 2.56. The number of amides is 1. The molecule has 0 heterocycles. The van der Waals surface area contributed by atoms with E-state index >= 15 is 0 Å². The monoisotopic (exact) mass is 305 g/mol. The Morgan fingerprint density at radius 3 is 2.59 bits per heavy atom. The number of hydrogen-bond donors (Lipinski definition) is 1. The molecular weight excluding hydrogens is 282 g/mol. The Bertz CT molecular complexity index is 509. The molecule has 22 heavy (non-hydrogen) atoms. The van der Waals surface area contributed by atoms with Crippen molar-refractivity contribution < 1.29 is 19.1 Å². The average Bonchev–Trinajstić information content (AvgIpc) is 2.53. The van der Waals surface area contributed by atoms with E-state index in [0.29, 0.717) is 5.75 Å². The fraction of sp³-hybridized carbons (Fsp3) is 0.529. The highest BCUT2D eigenvalue weighted by Crippen LogP contribution is 2.17. The highest BCUT2D eigenvalue weighted by atomic mass is 16.6. The second-order valence-corrected chi connectivity index (χ2v) is 5.62. The van der Waals surface area contributed by atoms with Gasteiger partial charge in [-0.25, -0.2) is 4.79 Å². The third-order valence-corrected chi connectivity index (χ3v) is 3.77. The van der Waals surface area contributed by atoms with Gasteiger partial charge in [-0.2, -0.15) is 0 Å². The van der Waals surface area contributed by atoms with Gasteiger partial charge in [0.1, 0.15) is 5.75 Å². The van der Waals surface area contributed by atoms with Crippen LogP contribution in [0.15, 0.2) is 24.3 Å². The van der Waals surface area contributed by atoms with E-state index in [9.17, 15) is 9.59 Å². The molecule has 1 N–H and O–H groups in total. The molecule has 5 heteroatoms. The van der Waals surface area contributed by atoms with Crippen LogP contribution in [-0.2, 0) is 14.3 Å². The summed E-state index contributed by atoms with van der Waals surface area (Å²) in [5.41, 5.74) is 0.949. The summed E-state index contributed by atoms with van der Waals surface area (Å²) in [4.78, 5) is 23.3. The van der Waals surface area contributed by atoms with Gasteiger partial charge in [-0.15, -0.1) is 0 Å². The Labute approximate surface area is 131 Å². The molecule has 0 aliphatic heterocycles. The Hall–Kier alpha value is -2.04. The number of para-hydroxylation sites is 1. The molecule has 0 saturated heterocycles. The molecule has 0 unspecified atom stereocenters. The van der Waals surface area contributed by atoms with Crippen molar-refractivity contribution >= 4 is 11.9 Å². The van der Waals surface area contributed by atoms with Gasteiger partial charge >= 0.3 is 5.97 Å². The molecule has 0 bridgehead atoms. The minimum absolute atomic E-state index is 0.193. The number of hydrogen-bond acceptors (Lipinski definition) is 4. The summed E-state index contributed by atoms with van der Waals surface area (Å²) >= 11 is 0. The van der Waals surface area contributed by atoms with Crippen LogP contribution in [0.5, 0.6) is 5.75 Å². The molecule has 1 aliphatic carbocycles. The second kappa shape index (κ2) is 8.41. The SMILES string of the molecule is Cc1ccccc1OCC(=O)OCC(=O)NC1CCCCC1. The first-order chi connectivity index (χ1) is 10.6. The van der Waals surface area contributed by atoms with Crippen LogP contribution in [0.2, 0.25) is 0 Å². The maximum Gasteiger partial charge on any atom is 0.344 e. The van der Waals surface area contributed by atoms with Crippen LogP contribution < -0.4 is 10.1 Å². The minimum Gasteiger partial charge on any atom is -0.482 e. The lowest BCUT2D eigenvalue weighted by Gasteiger charge is -2.22. The van der Waals surface area contributed by atoms with Crippen molar-refractivity contribution in [3.05, 3.63) is 29.8 Å². The normalized spacial score (nSPS) is 15.1. The molecular formula is C17H23NO4. The van der Waals surface area contributed by atoms with Crippen molar-refractivity contribution in [2.24, 2.45) is 0 Å². The minimum atomic E-state index is -0.540. The Kier molecular flexibility index (Phi) is 6.25. The lowest BCUT2D eigenvalue weighted by atomic mass is 9.95. The molecule has 120 valence electrons. The number of carbonyl (C=O) groups excluding carboxylic acids is 2. The van der Waals surface area contributed by atoms with Gasteiger partial charge in [0.15, 0.2) is 13.2 Å². The smallest absolute Gasteiger partial charge is 0.344 e. The van der Waals surface area contributed by atoms with Gasteiger partial charge in [-0.05, 0) is 31.4 Å². The van der Waals surface area contributed by atoms with Crippen LogP contribution in [0.1, 0.15) is 37.7 Å². The molecule has 5 nitrogen and oxygen atoms in total. The summed E-state index contributed by atoms with van der Waals surface area (Å²) in [6.07, 6.45) is 5.55. The van der Waals surface area contributed by atoms with Crippen molar-refractivity contribution in [2.45, 2.75) is 45.1 Å². The third kappa shape index (κ3) is 5.39. The first kappa shape index (κ1) is 16.3. The molecule has 2 rings (SSSR count). The van der Waals surface area contributed by atoms with E-state index in [2.05, 4.69) is 5.32 Å². The zero-order valence-electron chi connectivity index (χ0n) is 13.0. The number of nitrogens with one attached hydrogen (secondary N) is 1. The summed E-state index contributed by atoms with van der Waals surface area (Å²) in [7, 11) is 0. The lowest BCUT2D eigenvalue weighted by molar-refractivity contribution is -0.150. The van der Waals surface area contributed by atoms with Gasteiger partial charge in [0.05, 0.1) is 0 Å². The summed E-state index contributed by atoms with van der Waals surface area (Å²) in [6.45, 7) is 1.46. The largest absolute Gasteiger partial charge is 0.482 e. The predicted molar refractivity (Wildman–Crippen MR) is 82.6 cm³/mol. The highest BCUT2D eigenvalue weighted by molar-refractivity contribution is 5.81. The molecule has 0 aromatic heterocycles. The lowest BCUT2D eigenvalue weighted by Crippen LogP contribution is -2.39.